The Bertz CT molecular complexity index is 501. The van der Waals surface area contributed by atoms with Crippen molar-refractivity contribution in [1.29, 1.82) is 0 Å². The molecule has 2 aromatic rings. The first-order valence-electron chi connectivity index (χ1n) is 4.95. The second kappa shape index (κ2) is 4.15. The van der Waals surface area contributed by atoms with Crippen molar-refractivity contribution in [2.45, 2.75) is 19.5 Å². The Morgan fingerprint density at radius 1 is 1.29 bits per heavy atom. The maximum absolute atomic E-state index is 12.3. The molecule has 17 heavy (non-hydrogen) atoms. The molecule has 7 heteroatoms. The number of hydrogen-bond acceptors (Lipinski definition) is 3. The van der Waals surface area contributed by atoms with Gasteiger partial charge in [0.15, 0.2) is 5.82 Å². The molecule has 0 aliphatic carbocycles. The Balaban J connectivity index is 2.29. The summed E-state index contributed by atoms with van der Waals surface area (Å²) in [6, 6.07) is 2.22. The molecular formula is C10H9F3N4. The molecule has 2 aromatic heterocycles. The summed E-state index contributed by atoms with van der Waals surface area (Å²) in [6.07, 6.45) is -2.93. The number of H-pyrrole nitrogens is 1. The van der Waals surface area contributed by atoms with Crippen molar-refractivity contribution in [3.63, 3.8) is 0 Å². The van der Waals surface area contributed by atoms with Crippen LogP contribution in [-0.4, -0.2) is 20.2 Å². The van der Waals surface area contributed by atoms with Gasteiger partial charge in [-0.1, -0.05) is 6.92 Å². The normalized spacial score (nSPS) is 11.8. The van der Waals surface area contributed by atoms with Crippen LogP contribution < -0.4 is 0 Å². The van der Waals surface area contributed by atoms with Crippen LogP contribution in [0.1, 0.15) is 18.3 Å². The van der Waals surface area contributed by atoms with E-state index in [9.17, 15) is 13.2 Å². The largest absolute Gasteiger partial charge is 0.417 e. The van der Waals surface area contributed by atoms with E-state index in [1.165, 1.54) is 6.07 Å². The predicted molar refractivity (Wildman–Crippen MR) is 54.0 cm³/mol. The third-order valence-electron chi connectivity index (χ3n) is 2.19. The van der Waals surface area contributed by atoms with E-state index in [2.05, 4.69) is 20.2 Å². The maximum atomic E-state index is 12.3. The minimum Gasteiger partial charge on any atom is -0.263 e. The number of alkyl halides is 3. The summed E-state index contributed by atoms with van der Waals surface area (Å²) in [7, 11) is 0. The van der Waals surface area contributed by atoms with Gasteiger partial charge in [0.25, 0.3) is 0 Å². The van der Waals surface area contributed by atoms with Gasteiger partial charge in [0.2, 0.25) is 0 Å². The molecule has 0 saturated heterocycles. The van der Waals surface area contributed by atoms with E-state index in [1.54, 1.807) is 0 Å². The van der Waals surface area contributed by atoms with Crippen LogP contribution in [0.5, 0.6) is 0 Å². The van der Waals surface area contributed by atoms with Crippen molar-refractivity contribution in [3.05, 3.63) is 29.7 Å². The zero-order chi connectivity index (χ0) is 12.5. The van der Waals surface area contributed by atoms with Gasteiger partial charge in [0, 0.05) is 12.6 Å². The molecule has 0 bridgehead atoms. The fraction of sp³-hybridized carbons (Fsp3) is 0.300. The molecule has 0 unspecified atom stereocenters. The number of nitrogens with zero attached hydrogens (tertiary/aromatic N) is 3. The lowest BCUT2D eigenvalue weighted by Crippen LogP contribution is -2.05. The van der Waals surface area contributed by atoms with Crippen molar-refractivity contribution < 1.29 is 13.2 Å². The Labute approximate surface area is 94.9 Å². The minimum absolute atomic E-state index is 0.301. The van der Waals surface area contributed by atoms with E-state index in [-0.39, 0.29) is 0 Å². The first kappa shape index (κ1) is 11.6. The smallest absolute Gasteiger partial charge is 0.263 e. The van der Waals surface area contributed by atoms with Crippen LogP contribution in [0.15, 0.2) is 18.3 Å². The molecule has 0 saturated carbocycles. The molecule has 0 fully saturated rings. The lowest BCUT2D eigenvalue weighted by molar-refractivity contribution is -0.137. The molecule has 0 amide bonds. The Morgan fingerprint density at radius 3 is 2.53 bits per heavy atom. The summed E-state index contributed by atoms with van der Waals surface area (Å²) >= 11 is 0. The zero-order valence-corrected chi connectivity index (χ0v) is 8.91. The van der Waals surface area contributed by atoms with Crippen LogP contribution in [0.2, 0.25) is 0 Å². The number of aromatic amines is 1. The lowest BCUT2D eigenvalue weighted by atomic mass is 10.2. The number of halogens is 3. The van der Waals surface area contributed by atoms with E-state index < -0.39 is 11.7 Å². The van der Waals surface area contributed by atoms with Crippen LogP contribution in [0.4, 0.5) is 13.2 Å². The number of nitrogens with one attached hydrogen (secondary N) is 1. The van der Waals surface area contributed by atoms with Gasteiger partial charge in [-0.2, -0.15) is 18.3 Å². The second-order valence-corrected chi connectivity index (χ2v) is 3.39. The quantitative estimate of drug-likeness (QED) is 0.880. The van der Waals surface area contributed by atoms with Crippen molar-refractivity contribution in [2.75, 3.05) is 0 Å². The van der Waals surface area contributed by atoms with Gasteiger partial charge in [-0.15, -0.1) is 0 Å². The van der Waals surface area contributed by atoms with Crippen LogP contribution in [0.25, 0.3) is 11.5 Å². The van der Waals surface area contributed by atoms with Gasteiger partial charge in [-0.25, -0.2) is 4.98 Å². The summed E-state index contributed by atoms with van der Waals surface area (Å²) in [6.45, 7) is 1.89. The molecule has 0 aromatic carbocycles. The van der Waals surface area contributed by atoms with Crippen LogP contribution in [0, 0.1) is 0 Å². The SMILES string of the molecule is CCc1nc(-c2ccc(C(F)(F)F)cn2)n[nH]1. The van der Waals surface area contributed by atoms with Gasteiger partial charge in [-0.3, -0.25) is 10.1 Å². The van der Waals surface area contributed by atoms with Gasteiger partial charge in [0.05, 0.1) is 5.56 Å². The lowest BCUT2D eigenvalue weighted by Gasteiger charge is -2.05. The first-order valence-corrected chi connectivity index (χ1v) is 4.95. The summed E-state index contributed by atoms with van der Waals surface area (Å²) in [4.78, 5) is 7.78. The van der Waals surface area contributed by atoms with Crippen LogP contribution in [-0.2, 0) is 12.6 Å². The molecule has 2 rings (SSSR count). The predicted octanol–water partition coefficient (Wildman–Crippen LogP) is 2.45. The standard InChI is InChI=1S/C10H9F3N4/c1-2-8-15-9(17-16-8)7-4-3-6(5-14-7)10(11,12)13/h3-5H,2H2,1H3,(H,15,16,17). The van der Waals surface area contributed by atoms with Crippen LogP contribution >= 0.6 is 0 Å². The van der Waals surface area contributed by atoms with E-state index in [0.29, 0.717) is 23.8 Å². The highest BCUT2D eigenvalue weighted by Gasteiger charge is 2.30. The Kier molecular flexibility index (Phi) is 2.83. The third-order valence-corrected chi connectivity index (χ3v) is 2.19. The molecule has 0 spiro atoms. The van der Waals surface area contributed by atoms with E-state index >= 15 is 0 Å². The summed E-state index contributed by atoms with van der Waals surface area (Å²) in [5, 5.41) is 6.54. The number of rotatable bonds is 2. The second-order valence-electron chi connectivity index (χ2n) is 3.39. The topological polar surface area (TPSA) is 54.5 Å². The minimum atomic E-state index is -4.38. The van der Waals surface area contributed by atoms with Crippen molar-refractivity contribution in [2.24, 2.45) is 0 Å². The number of aromatic nitrogens is 4. The fourth-order valence-corrected chi connectivity index (χ4v) is 1.26. The highest BCUT2D eigenvalue weighted by atomic mass is 19.4. The third kappa shape index (κ3) is 2.43. The fourth-order valence-electron chi connectivity index (χ4n) is 1.26. The molecule has 4 nitrogen and oxygen atoms in total. The van der Waals surface area contributed by atoms with Crippen molar-refractivity contribution in [3.8, 4) is 11.5 Å². The van der Waals surface area contributed by atoms with Crippen molar-refractivity contribution >= 4 is 0 Å². The molecule has 0 radical (unpaired) electrons. The zero-order valence-electron chi connectivity index (χ0n) is 8.91. The summed E-state index contributed by atoms with van der Waals surface area (Å²) in [5.74, 6) is 0.970. The summed E-state index contributed by atoms with van der Waals surface area (Å²) in [5.41, 5.74) is -0.471. The highest BCUT2D eigenvalue weighted by molar-refractivity contribution is 5.48. The van der Waals surface area contributed by atoms with Gasteiger partial charge >= 0.3 is 6.18 Å². The average molecular weight is 242 g/mol. The molecule has 1 N–H and O–H groups in total. The molecule has 90 valence electrons. The van der Waals surface area contributed by atoms with E-state index in [1.807, 2.05) is 6.92 Å². The van der Waals surface area contributed by atoms with Gasteiger partial charge in [-0.05, 0) is 12.1 Å². The Morgan fingerprint density at radius 2 is 2.06 bits per heavy atom. The van der Waals surface area contributed by atoms with Crippen molar-refractivity contribution in [1.82, 2.24) is 20.2 Å². The molecule has 0 aliphatic heterocycles. The monoisotopic (exact) mass is 242 g/mol. The molecule has 0 atom stereocenters. The van der Waals surface area contributed by atoms with Gasteiger partial charge in [0.1, 0.15) is 11.5 Å². The average Bonchev–Trinajstić information content (AvgIpc) is 2.76. The van der Waals surface area contributed by atoms with E-state index in [4.69, 9.17) is 0 Å². The molecular weight excluding hydrogens is 233 g/mol. The number of aryl methyl sites for hydroxylation is 1. The van der Waals surface area contributed by atoms with E-state index in [0.717, 1.165) is 12.3 Å². The molecule has 0 aliphatic rings. The van der Waals surface area contributed by atoms with Crippen LogP contribution in [0.3, 0.4) is 0 Å². The molecule has 2 heterocycles. The Hall–Kier alpha value is -1.92. The number of hydrogen-bond donors (Lipinski definition) is 1. The number of pyridine rings is 1. The van der Waals surface area contributed by atoms with Gasteiger partial charge < -0.3 is 0 Å². The maximum Gasteiger partial charge on any atom is 0.417 e. The summed E-state index contributed by atoms with van der Waals surface area (Å²) < 4.78 is 36.9. The highest BCUT2D eigenvalue weighted by Crippen LogP contribution is 2.29. The first-order chi connectivity index (χ1) is 8.00.